The zero-order valence-corrected chi connectivity index (χ0v) is 9.23. The van der Waals surface area contributed by atoms with Crippen molar-refractivity contribution < 1.29 is 9.84 Å². The number of aliphatic hydroxyl groups excluding tert-OH is 1. The lowest BCUT2D eigenvalue weighted by molar-refractivity contribution is 0.175. The molecule has 82 valence electrons. The summed E-state index contributed by atoms with van der Waals surface area (Å²) in [5.74, 6) is 0.595. The van der Waals surface area contributed by atoms with Crippen LogP contribution in [-0.2, 0) is 6.42 Å². The van der Waals surface area contributed by atoms with Crippen LogP contribution in [0.3, 0.4) is 0 Å². The first-order valence-electron chi connectivity index (χ1n) is 5.05. The van der Waals surface area contributed by atoms with Gasteiger partial charge >= 0.3 is 0 Å². The van der Waals surface area contributed by atoms with Crippen molar-refractivity contribution in [1.29, 1.82) is 0 Å². The molecule has 0 radical (unpaired) electrons. The number of hydrogen-bond donors (Lipinski definition) is 1. The molecule has 0 aliphatic rings. The second kappa shape index (κ2) is 5.51. The Hall–Kier alpha value is -1.35. The molecule has 1 rings (SSSR count). The first-order chi connectivity index (χ1) is 7.22. The number of aromatic nitrogens is 1. The van der Waals surface area contributed by atoms with Crippen LogP contribution in [0, 0.1) is 0 Å². The van der Waals surface area contributed by atoms with E-state index in [9.17, 15) is 5.11 Å². The van der Waals surface area contributed by atoms with Gasteiger partial charge < -0.3 is 9.84 Å². The molecule has 0 spiro atoms. The maximum absolute atomic E-state index is 9.71. The Morgan fingerprint density at radius 3 is 2.87 bits per heavy atom. The van der Waals surface area contributed by atoms with Crippen LogP contribution in [0.5, 0.6) is 5.88 Å². The molecule has 3 heteroatoms. The Kier molecular flexibility index (Phi) is 4.31. The number of aliphatic hydroxyl groups is 1. The van der Waals surface area contributed by atoms with Gasteiger partial charge in [-0.1, -0.05) is 19.1 Å². The molecule has 0 bridgehead atoms. The smallest absolute Gasteiger partial charge is 0.216 e. The van der Waals surface area contributed by atoms with Gasteiger partial charge in [0.15, 0.2) is 0 Å². The van der Waals surface area contributed by atoms with Gasteiger partial charge in [0.2, 0.25) is 5.88 Å². The average molecular weight is 207 g/mol. The summed E-state index contributed by atoms with van der Waals surface area (Å²) in [5.41, 5.74) is 1.68. The lowest BCUT2D eigenvalue weighted by Crippen LogP contribution is -2.02. The lowest BCUT2D eigenvalue weighted by Gasteiger charge is -2.11. The Morgan fingerprint density at radius 2 is 2.33 bits per heavy atom. The summed E-state index contributed by atoms with van der Waals surface area (Å²) in [6, 6.07) is 3.77. The molecule has 1 atom stereocenters. The molecule has 0 aliphatic carbocycles. The lowest BCUT2D eigenvalue weighted by atomic mass is 10.1. The first-order valence-corrected chi connectivity index (χ1v) is 5.05. The van der Waals surface area contributed by atoms with E-state index in [4.69, 9.17) is 4.74 Å². The summed E-state index contributed by atoms with van der Waals surface area (Å²) in [6.45, 7) is 5.62. The van der Waals surface area contributed by atoms with Gasteiger partial charge in [-0.2, -0.15) is 0 Å². The van der Waals surface area contributed by atoms with Crippen LogP contribution in [0.15, 0.2) is 24.8 Å². The minimum absolute atomic E-state index is 0.502. The standard InChI is InChI=1S/C12H17NO2/c1-4-6-11(14)10-8-7-9(5-2)12(13-10)15-3/h4,7-8,11,14H,1,5-6H2,2-3H3. The second-order valence-corrected chi connectivity index (χ2v) is 3.30. The highest BCUT2D eigenvalue weighted by atomic mass is 16.5. The van der Waals surface area contributed by atoms with E-state index in [2.05, 4.69) is 11.6 Å². The SMILES string of the molecule is C=CCC(O)c1ccc(CC)c(OC)n1. The fourth-order valence-electron chi connectivity index (χ4n) is 1.39. The number of ether oxygens (including phenoxy) is 1. The molecular formula is C12H17NO2. The predicted octanol–water partition coefficient (Wildman–Crippen LogP) is 2.26. The van der Waals surface area contributed by atoms with Gasteiger partial charge in [-0.25, -0.2) is 4.98 Å². The molecule has 1 N–H and O–H groups in total. The van der Waals surface area contributed by atoms with Crippen LogP contribution < -0.4 is 4.74 Å². The van der Waals surface area contributed by atoms with E-state index < -0.39 is 6.10 Å². The number of nitrogens with zero attached hydrogens (tertiary/aromatic N) is 1. The minimum atomic E-state index is -0.595. The van der Waals surface area contributed by atoms with Crippen molar-refractivity contribution in [3.63, 3.8) is 0 Å². The van der Waals surface area contributed by atoms with Gasteiger partial charge in [0, 0.05) is 5.56 Å². The zero-order valence-electron chi connectivity index (χ0n) is 9.23. The van der Waals surface area contributed by atoms with Crippen molar-refractivity contribution in [2.75, 3.05) is 7.11 Å². The van der Waals surface area contributed by atoms with E-state index in [1.807, 2.05) is 19.1 Å². The van der Waals surface area contributed by atoms with Gasteiger partial charge in [0.25, 0.3) is 0 Å². The minimum Gasteiger partial charge on any atom is -0.481 e. The monoisotopic (exact) mass is 207 g/mol. The van der Waals surface area contributed by atoms with Crippen LogP contribution in [0.2, 0.25) is 0 Å². The van der Waals surface area contributed by atoms with Crippen LogP contribution in [-0.4, -0.2) is 17.2 Å². The van der Waals surface area contributed by atoms with Crippen molar-refractivity contribution in [3.05, 3.63) is 36.0 Å². The van der Waals surface area contributed by atoms with Crippen molar-refractivity contribution in [1.82, 2.24) is 4.98 Å². The molecule has 15 heavy (non-hydrogen) atoms. The highest BCUT2D eigenvalue weighted by Crippen LogP contribution is 2.21. The van der Waals surface area contributed by atoms with Crippen molar-refractivity contribution in [3.8, 4) is 5.88 Å². The third-order valence-electron chi connectivity index (χ3n) is 2.27. The molecule has 0 fully saturated rings. The second-order valence-electron chi connectivity index (χ2n) is 3.30. The Bertz CT molecular complexity index is 336. The summed E-state index contributed by atoms with van der Waals surface area (Å²) in [6.07, 6.45) is 2.45. The average Bonchev–Trinajstić information content (AvgIpc) is 2.28. The first kappa shape index (κ1) is 11.7. The molecule has 3 nitrogen and oxygen atoms in total. The Morgan fingerprint density at radius 1 is 1.60 bits per heavy atom. The fraction of sp³-hybridized carbons (Fsp3) is 0.417. The van der Waals surface area contributed by atoms with E-state index in [-0.39, 0.29) is 0 Å². The number of methoxy groups -OCH3 is 1. The largest absolute Gasteiger partial charge is 0.481 e. The van der Waals surface area contributed by atoms with Crippen molar-refractivity contribution >= 4 is 0 Å². The quantitative estimate of drug-likeness (QED) is 0.753. The summed E-state index contributed by atoms with van der Waals surface area (Å²) in [4.78, 5) is 4.26. The molecule has 0 aromatic carbocycles. The molecule has 0 saturated carbocycles. The molecule has 1 aromatic rings. The van der Waals surface area contributed by atoms with Crippen molar-refractivity contribution in [2.24, 2.45) is 0 Å². The molecule has 0 saturated heterocycles. The van der Waals surface area contributed by atoms with Crippen LogP contribution in [0.25, 0.3) is 0 Å². The van der Waals surface area contributed by atoms with Gasteiger partial charge in [-0.15, -0.1) is 6.58 Å². The maximum atomic E-state index is 9.71. The van der Waals surface area contributed by atoms with E-state index in [1.165, 1.54) is 0 Å². The Labute approximate surface area is 90.4 Å². The van der Waals surface area contributed by atoms with E-state index >= 15 is 0 Å². The number of hydrogen-bond acceptors (Lipinski definition) is 3. The molecule has 0 amide bonds. The number of aryl methyl sites for hydroxylation is 1. The molecular weight excluding hydrogens is 190 g/mol. The highest BCUT2D eigenvalue weighted by molar-refractivity contribution is 5.29. The van der Waals surface area contributed by atoms with Crippen molar-refractivity contribution in [2.45, 2.75) is 25.9 Å². The van der Waals surface area contributed by atoms with E-state index in [0.29, 0.717) is 18.0 Å². The third kappa shape index (κ3) is 2.80. The third-order valence-corrected chi connectivity index (χ3v) is 2.27. The fourth-order valence-corrected chi connectivity index (χ4v) is 1.39. The van der Waals surface area contributed by atoms with E-state index in [1.54, 1.807) is 13.2 Å². The number of rotatable bonds is 5. The molecule has 1 aromatic heterocycles. The topological polar surface area (TPSA) is 42.4 Å². The molecule has 1 heterocycles. The molecule has 1 unspecified atom stereocenters. The maximum Gasteiger partial charge on any atom is 0.216 e. The van der Waals surface area contributed by atoms with Gasteiger partial charge in [0.05, 0.1) is 18.9 Å². The highest BCUT2D eigenvalue weighted by Gasteiger charge is 2.10. The number of pyridine rings is 1. The van der Waals surface area contributed by atoms with Crippen LogP contribution in [0.4, 0.5) is 0 Å². The normalized spacial score (nSPS) is 12.2. The van der Waals surface area contributed by atoms with Crippen LogP contribution in [0.1, 0.15) is 30.7 Å². The van der Waals surface area contributed by atoms with Crippen LogP contribution >= 0.6 is 0 Å². The summed E-state index contributed by atoms with van der Waals surface area (Å²) in [5, 5.41) is 9.71. The molecule has 0 aliphatic heterocycles. The predicted molar refractivity (Wildman–Crippen MR) is 59.9 cm³/mol. The summed E-state index contributed by atoms with van der Waals surface area (Å²) < 4.78 is 5.16. The Balaban J connectivity index is 2.96. The van der Waals surface area contributed by atoms with Gasteiger partial charge in [-0.3, -0.25) is 0 Å². The van der Waals surface area contributed by atoms with Gasteiger partial charge in [0.1, 0.15) is 0 Å². The zero-order chi connectivity index (χ0) is 11.3. The summed E-state index contributed by atoms with van der Waals surface area (Å²) >= 11 is 0. The summed E-state index contributed by atoms with van der Waals surface area (Å²) in [7, 11) is 1.59. The van der Waals surface area contributed by atoms with E-state index in [0.717, 1.165) is 12.0 Å². The van der Waals surface area contributed by atoms with Gasteiger partial charge in [-0.05, 0) is 18.9 Å².